The van der Waals surface area contributed by atoms with Gasteiger partial charge in [-0.3, -0.25) is 0 Å². The van der Waals surface area contributed by atoms with E-state index in [4.69, 9.17) is 0 Å². The van der Waals surface area contributed by atoms with Gasteiger partial charge < -0.3 is 5.32 Å². The Kier molecular flexibility index (Phi) is 4.56. The van der Waals surface area contributed by atoms with Gasteiger partial charge in [-0.25, -0.2) is 0 Å². The van der Waals surface area contributed by atoms with Crippen LogP contribution in [0.25, 0.3) is 0 Å². The summed E-state index contributed by atoms with van der Waals surface area (Å²) in [5, 5.41) is 3.52. The monoisotopic (exact) mass is 313 g/mol. The van der Waals surface area contributed by atoms with E-state index in [-0.39, 0.29) is 0 Å². The fraction of sp³-hybridized carbons (Fsp3) is 0.571. The van der Waals surface area contributed by atoms with Gasteiger partial charge in [0.05, 0.1) is 0 Å². The van der Waals surface area contributed by atoms with Crippen molar-refractivity contribution in [3.63, 3.8) is 0 Å². The molecule has 0 spiro atoms. The summed E-state index contributed by atoms with van der Waals surface area (Å²) in [5.41, 5.74) is 1.42. The highest BCUT2D eigenvalue weighted by Gasteiger charge is 2.36. The molecule has 1 aromatic carbocycles. The molecular formula is C14H20BrNS. The van der Waals surface area contributed by atoms with E-state index in [2.05, 4.69) is 71.2 Å². The first-order valence-corrected chi connectivity index (χ1v) is 7.97. The van der Waals surface area contributed by atoms with Crippen molar-refractivity contribution in [1.29, 1.82) is 0 Å². The molecule has 1 aromatic rings. The minimum absolute atomic E-state index is 0.405. The van der Waals surface area contributed by atoms with Crippen molar-refractivity contribution < 1.29 is 0 Å². The number of likely N-dealkylation sites (N-methyl/N-ethyl adjacent to an activating group) is 1. The first kappa shape index (κ1) is 13.4. The van der Waals surface area contributed by atoms with Crippen LogP contribution in [0.1, 0.15) is 25.3 Å². The van der Waals surface area contributed by atoms with Crippen LogP contribution >= 0.6 is 27.7 Å². The highest BCUT2D eigenvalue weighted by atomic mass is 79.9. The molecule has 1 N–H and O–H groups in total. The zero-order valence-electron chi connectivity index (χ0n) is 10.5. The van der Waals surface area contributed by atoms with E-state index in [1.54, 1.807) is 0 Å². The maximum Gasteiger partial charge on any atom is 0.0288 e. The van der Waals surface area contributed by atoms with Crippen molar-refractivity contribution in [3.05, 3.63) is 34.3 Å². The minimum atomic E-state index is 0.405. The maximum absolute atomic E-state index is 3.52. The molecule has 1 aliphatic rings. The number of hydrogen-bond acceptors (Lipinski definition) is 2. The summed E-state index contributed by atoms with van der Waals surface area (Å²) in [4.78, 5) is 0. The van der Waals surface area contributed by atoms with Gasteiger partial charge >= 0.3 is 0 Å². The molecule has 1 nitrogen and oxygen atoms in total. The van der Waals surface area contributed by atoms with E-state index in [0.29, 0.717) is 10.8 Å². The van der Waals surface area contributed by atoms with Crippen LogP contribution in [0.3, 0.4) is 0 Å². The number of benzene rings is 1. The van der Waals surface area contributed by atoms with Crippen molar-refractivity contribution in [2.45, 2.75) is 37.0 Å². The first-order valence-electron chi connectivity index (χ1n) is 6.20. The summed E-state index contributed by atoms with van der Waals surface area (Å²) in [6, 6.07) is 9.27. The van der Waals surface area contributed by atoms with Gasteiger partial charge in [-0.2, -0.15) is 11.8 Å². The van der Waals surface area contributed by atoms with Crippen molar-refractivity contribution in [2.75, 3.05) is 12.8 Å². The third-order valence-electron chi connectivity index (χ3n) is 3.69. The molecule has 1 heterocycles. The number of rotatable bonds is 4. The lowest BCUT2D eigenvalue weighted by molar-refractivity contribution is 0.424. The molecule has 2 atom stereocenters. The number of hydrogen-bond donors (Lipinski definition) is 1. The predicted molar refractivity (Wildman–Crippen MR) is 80.8 cm³/mol. The lowest BCUT2D eigenvalue weighted by Crippen LogP contribution is -2.45. The number of halogens is 1. The van der Waals surface area contributed by atoms with Gasteiger partial charge in [0.2, 0.25) is 0 Å². The topological polar surface area (TPSA) is 12.0 Å². The third-order valence-corrected chi connectivity index (χ3v) is 5.86. The molecule has 0 amide bonds. The Morgan fingerprint density at radius 2 is 2.12 bits per heavy atom. The minimum Gasteiger partial charge on any atom is -0.315 e. The Labute approximate surface area is 117 Å². The zero-order valence-corrected chi connectivity index (χ0v) is 12.9. The smallest absolute Gasteiger partial charge is 0.0288 e. The maximum atomic E-state index is 3.52. The quantitative estimate of drug-likeness (QED) is 0.905. The Bertz CT molecular complexity index is 357. The van der Waals surface area contributed by atoms with Gasteiger partial charge in [0.15, 0.2) is 0 Å². The molecule has 0 saturated carbocycles. The van der Waals surface area contributed by atoms with Gasteiger partial charge in [-0.15, -0.1) is 0 Å². The van der Waals surface area contributed by atoms with Crippen LogP contribution in [-0.4, -0.2) is 23.6 Å². The van der Waals surface area contributed by atoms with E-state index in [1.807, 2.05) is 0 Å². The van der Waals surface area contributed by atoms with Crippen LogP contribution in [0.2, 0.25) is 0 Å². The first-order chi connectivity index (χ1) is 8.14. The molecule has 17 heavy (non-hydrogen) atoms. The standard InChI is InChI=1S/C14H20BrNS/c1-14(8-3-9-17-14)13(16-2)10-11-4-6-12(15)7-5-11/h4-7,13,16H,3,8-10H2,1-2H3. The normalized spacial score (nSPS) is 26.1. The molecule has 0 aromatic heterocycles. The van der Waals surface area contributed by atoms with Crippen LogP contribution in [-0.2, 0) is 6.42 Å². The van der Waals surface area contributed by atoms with Crippen molar-refractivity contribution in [1.82, 2.24) is 5.32 Å². The lowest BCUT2D eigenvalue weighted by Gasteiger charge is -2.33. The molecular weight excluding hydrogens is 294 g/mol. The molecule has 0 bridgehead atoms. The van der Waals surface area contributed by atoms with Crippen LogP contribution < -0.4 is 5.32 Å². The fourth-order valence-corrected chi connectivity index (χ4v) is 4.27. The van der Waals surface area contributed by atoms with Gasteiger partial charge in [0.1, 0.15) is 0 Å². The van der Waals surface area contributed by atoms with Gasteiger partial charge in [0.25, 0.3) is 0 Å². The highest BCUT2D eigenvalue weighted by Crippen LogP contribution is 2.41. The lowest BCUT2D eigenvalue weighted by atomic mass is 9.91. The van der Waals surface area contributed by atoms with Crippen LogP contribution in [0.5, 0.6) is 0 Å². The molecule has 1 fully saturated rings. The van der Waals surface area contributed by atoms with Crippen molar-refractivity contribution in [3.8, 4) is 0 Å². The molecule has 1 saturated heterocycles. The molecule has 0 radical (unpaired) electrons. The van der Waals surface area contributed by atoms with E-state index in [0.717, 1.165) is 10.9 Å². The van der Waals surface area contributed by atoms with E-state index in [9.17, 15) is 0 Å². The Morgan fingerprint density at radius 3 is 2.65 bits per heavy atom. The van der Waals surface area contributed by atoms with E-state index in [1.165, 1.54) is 24.2 Å². The second kappa shape index (κ2) is 5.77. The van der Waals surface area contributed by atoms with Crippen molar-refractivity contribution in [2.24, 2.45) is 0 Å². The number of nitrogens with one attached hydrogen (secondary N) is 1. The van der Waals surface area contributed by atoms with Crippen LogP contribution in [0.15, 0.2) is 28.7 Å². The van der Waals surface area contributed by atoms with Crippen molar-refractivity contribution >= 4 is 27.7 Å². The summed E-state index contributed by atoms with van der Waals surface area (Å²) in [7, 11) is 2.09. The molecule has 1 aliphatic heterocycles. The summed E-state index contributed by atoms with van der Waals surface area (Å²) in [5.74, 6) is 1.31. The van der Waals surface area contributed by atoms with Gasteiger partial charge in [-0.05, 0) is 56.7 Å². The molecule has 2 rings (SSSR count). The molecule has 94 valence electrons. The summed E-state index contributed by atoms with van der Waals surface area (Å²) in [6.45, 7) is 2.41. The average molecular weight is 314 g/mol. The fourth-order valence-electron chi connectivity index (χ4n) is 2.55. The summed E-state index contributed by atoms with van der Waals surface area (Å²) < 4.78 is 1.56. The Morgan fingerprint density at radius 1 is 1.41 bits per heavy atom. The molecule has 3 heteroatoms. The van der Waals surface area contributed by atoms with Gasteiger partial charge in [0, 0.05) is 15.3 Å². The highest BCUT2D eigenvalue weighted by molar-refractivity contribution is 9.10. The summed E-state index contributed by atoms with van der Waals surface area (Å²) >= 11 is 5.61. The van der Waals surface area contributed by atoms with E-state index < -0.39 is 0 Å². The van der Waals surface area contributed by atoms with E-state index >= 15 is 0 Å². The summed E-state index contributed by atoms with van der Waals surface area (Å²) in [6.07, 6.45) is 3.81. The molecule has 2 unspecified atom stereocenters. The number of thioether (sulfide) groups is 1. The van der Waals surface area contributed by atoms with Crippen LogP contribution in [0.4, 0.5) is 0 Å². The SMILES string of the molecule is CNC(Cc1ccc(Br)cc1)C1(C)CCCS1. The van der Waals surface area contributed by atoms with Gasteiger partial charge in [-0.1, -0.05) is 28.1 Å². The Hall–Kier alpha value is 0.01000. The zero-order chi connectivity index (χ0) is 12.3. The van der Waals surface area contributed by atoms with Crippen LogP contribution in [0, 0.1) is 0 Å². The third kappa shape index (κ3) is 3.27. The predicted octanol–water partition coefficient (Wildman–Crippen LogP) is 3.87. The largest absolute Gasteiger partial charge is 0.315 e. The Balaban J connectivity index is 2.06. The second-order valence-electron chi connectivity index (χ2n) is 4.94. The average Bonchev–Trinajstić information content (AvgIpc) is 2.76. The second-order valence-corrected chi connectivity index (χ2v) is 7.48. The molecule has 0 aliphatic carbocycles.